The van der Waals surface area contributed by atoms with E-state index >= 15 is 0 Å². The van der Waals surface area contributed by atoms with Gasteiger partial charge in [0, 0.05) is 0 Å². The van der Waals surface area contributed by atoms with Crippen molar-refractivity contribution in [2.75, 3.05) is 30.3 Å². The Morgan fingerprint density at radius 1 is 1.55 bits per heavy atom. The van der Waals surface area contributed by atoms with E-state index in [4.69, 9.17) is 15.2 Å². The highest BCUT2D eigenvalue weighted by molar-refractivity contribution is 5.82. The van der Waals surface area contributed by atoms with E-state index in [0.29, 0.717) is 24.8 Å². The zero-order chi connectivity index (χ0) is 14.7. The first kappa shape index (κ1) is 14.5. The molecule has 0 radical (unpaired) electrons. The fourth-order valence-electron chi connectivity index (χ4n) is 2.33. The van der Waals surface area contributed by atoms with Crippen LogP contribution < -0.4 is 15.4 Å². The van der Waals surface area contributed by atoms with Crippen LogP contribution in [0.1, 0.15) is 20.8 Å². The van der Waals surface area contributed by atoms with Crippen LogP contribution in [-0.4, -0.2) is 31.8 Å². The second-order valence-corrected chi connectivity index (χ2v) is 5.28. The number of hydrogen-bond acceptors (Lipinski definition) is 5. The van der Waals surface area contributed by atoms with Crippen molar-refractivity contribution < 1.29 is 14.3 Å². The summed E-state index contributed by atoms with van der Waals surface area (Å²) >= 11 is 0. The summed E-state index contributed by atoms with van der Waals surface area (Å²) in [5.74, 6) is 0.847. The molecule has 110 valence electrons. The van der Waals surface area contributed by atoms with Crippen molar-refractivity contribution >= 4 is 17.3 Å². The highest BCUT2D eigenvalue weighted by atomic mass is 16.5. The molecule has 0 saturated carbocycles. The van der Waals surface area contributed by atoms with Crippen molar-refractivity contribution in [3.63, 3.8) is 0 Å². The third-order valence-corrected chi connectivity index (χ3v) is 3.39. The Balaban J connectivity index is 2.28. The van der Waals surface area contributed by atoms with E-state index in [2.05, 4.69) is 13.8 Å². The summed E-state index contributed by atoms with van der Waals surface area (Å²) in [6.45, 7) is 7.22. The zero-order valence-electron chi connectivity index (χ0n) is 12.3. The van der Waals surface area contributed by atoms with Crippen LogP contribution in [0, 0.1) is 5.92 Å². The maximum atomic E-state index is 11.8. The molecule has 5 heteroatoms. The first-order valence-corrected chi connectivity index (χ1v) is 6.98. The van der Waals surface area contributed by atoms with Crippen molar-refractivity contribution in [1.82, 2.24) is 0 Å². The number of benzene rings is 1. The summed E-state index contributed by atoms with van der Waals surface area (Å²) < 4.78 is 11.0. The molecule has 0 amide bonds. The van der Waals surface area contributed by atoms with Crippen LogP contribution in [0.5, 0.6) is 5.75 Å². The summed E-state index contributed by atoms with van der Waals surface area (Å²) in [4.78, 5) is 13.7. The van der Waals surface area contributed by atoms with Crippen molar-refractivity contribution in [1.29, 1.82) is 0 Å². The molecule has 0 saturated heterocycles. The van der Waals surface area contributed by atoms with E-state index in [9.17, 15) is 4.79 Å². The minimum Gasteiger partial charge on any atom is -0.486 e. The maximum absolute atomic E-state index is 11.8. The van der Waals surface area contributed by atoms with Gasteiger partial charge in [-0.05, 0) is 25.0 Å². The van der Waals surface area contributed by atoms with Crippen molar-refractivity contribution in [3.05, 3.63) is 18.2 Å². The number of nitrogens with two attached hydrogens (primary N) is 1. The van der Waals surface area contributed by atoms with Gasteiger partial charge in [0.1, 0.15) is 24.1 Å². The molecule has 5 nitrogen and oxygen atoms in total. The molecule has 1 atom stereocenters. The number of carbonyl (C=O) groups excluding carboxylic acids is 1. The Bertz CT molecular complexity index is 488. The minimum atomic E-state index is -0.244. The highest BCUT2D eigenvalue weighted by Crippen LogP contribution is 2.39. The number of nitrogens with zero attached hydrogens (tertiary/aromatic N) is 1. The van der Waals surface area contributed by atoms with E-state index in [-0.39, 0.29) is 18.6 Å². The van der Waals surface area contributed by atoms with Gasteiger partial charge in [-0.1, -0.05) is 19.9 Å². The van der Waals surface area contributed by atoms with Crippen LogP contribution in [0.4, 0.5) is 11.4 Å². The normalized spacial score (nSPS) is 17.6. The van der Waals surface area contributed by atoms with Gasteiger partial charge in [0.2, 0.25) is 0 Å². The van der Waals surface area contributed by atoms with Gasteiger partial charge in [0.25, 0.3) is 0 Å². The fourth-order valence-corrected chi connectivity index (χ4v) is 2.33. The number of rotatable bonds is 4. The number of esters is 1. The molecule has 0 aliphatic carbocycles. The van der Waals surface area contributed by atoms with Crippen molar-refractivity contribution in [2.45, 2.75) is 26.9 Å². The van der Waals surface area contributed by atoms with Gasteiger partial charge in [-0.2, -0.15) is 0 Å². The van der Waals surface area contributed by atoms with Gasteiger partial charge in [0.05, 0.1) is 18.8 Å². The summed E-state index contributed by atoms with van der Waals surface area (Å²) in [6.07, 6.45) is 0.0405. The van der Waals surface area contributed by atoms with Crippen LogP contribution in [0.25, 0.3) is 0 Å². The van der Waals surface area contributed by atoms with Gasteiger partial charge in [-0.3, -0.25) is 4.79 Å². The lowest BCUT2D eigenvalue weighted by molar-refractivity contribution is -0.141. The van der Waals surface area contributed by atoms with Crippen LogP contribution in [0.2, 0.25) is 0 Å². The molecule has 1 aromatic carbocycles. The number of ether oxygens (including phenoxy) is 2. The molecular formula is C15H22N2O3. The Hall–Kier alpha value is -1.91. The molecule has 0 spiro atoms. The fraction of sp³-hybridized carbons (Fsp3) is 0.533. The molecule has 0 fully saturated rings. The first-order chi connectivity index (χ1) is 9.52. The van der Waals surface area contributed by atoms with Gasteiger partial charge in [-0.15, -0.1) is 0 Å². The van der Waals surface area contributed by atoms with Crippen LogP contribution >= 0.6 is 0 Å². The number of fused-ring (bicyclic) bond motifs is 1. The molecule has 2 N–H and O–H groups in total. The Morgan fingerprint density at radius 2 is 2.30 bits per heavy atom. The molecule has 1 aromatic rings. The number of nitrogen functional groups attached to an aromatic ring is 1. The van der Waals surface area contributed by atoms with Crippen molar-refractivity contribution in [3.8, 4) is 5.75 Å². The molecular weight excluding hydrogens is 256 g/mol. The molecule has 0 bridgehead atoms. The summed E-state index contributed by atoms with van der Waals surface area (Å²) in [5, 5.41) is 0. The predicted molar refractivity (Wildman–Crippen MR) is 79.0 cm³/mol. The van der Waals surface area contributed by atoms with E-state index in [1.54, 1.807) is 6.92 Å². The predicted octanol–water partition coefficient (Wildman–Crippen LogP) is 2.06. The van der Waals surface area contributed by atoms with E-state index in [0.717, 1.165) is 11.4 Å². The van der Waals surface area contributed by atoms with E-state index < -0.39 is 0 Å². The second kappa shape index (κ2) is 6.03. The van der Waals surface area contributed by atoms with Gasteiger partial charge in [-0.25, -0.2) is 0 Å². The zero-order valence-corrected chi connectivity index (χ0v) is 12.3. The third kappa shape index (κ3) is 2.98. The molecule has 20 heavy (non-hydrogen) atoms. The quantitative estimate of drug-likeness (QED) is 0.674. The molecule has 0 aromatic heterocycles. The lowest BCUT2D eigenvalue weighted by atomic mass is 10.0. The van der Waals surface area contributed by atoms with Crippen LogP contribution in [-0.2, 0) is 9.53 Å². The number of carbonyl (C=O) groups is 1. The minimum absolute atomic E-state index is 0.0405. The van der Waals surface area contributed by atoms with Crippen LogP contribution in [0.15, 0.2) is 18.2 Å². The maximum Gasteiger partial charge on any atom is 0.325 e. The summed E-state index contributed by atoms with van der Waals surface area (Å²) in [7, 11) is 0. The number of hydrogen-bond donors (Lipinski definition) is 1. The second-order valence-electron chi connectivity index (χ2n) is 5.28. The average molecular weight is 278 g/mol. The number of anilines is 2. The number of para-hydroxylation sites is 1. The summed E-state index contributed by atoms with van der Waals surface area (Å²) in [5.41, 5.74) is 7.44. The molecule has 1 aliphatic rings. The Kier molecular flexibility index (Phi) is 4.37. The smallest absolute Gasteiger partial charge is 0.325 e. The van der Waals surface area contributed by atoms with Gasteiger partial charge in [0.15, 0.2) is 0 Å². The lowest BCUT2D eigenvalue weighted by Gasteiger charge is -2.38. The largest absolute Gasteiger partial charge is 0.486 e. The van der Waals surface area contributed by atoms with Crippen molar-refractivity contribution in [2.24, 2.45) is 5.92 Å². The van der Waals surface area contributed by atoms with Gasteiger partial charge < -0.3 is 20.1 Å². The Morgan fingerprint density at radius 3 is 2.95 bits per heavy atom. The van der Waals surface area contributed by atoms with E-state index in [1.165, 1.54) is 0 Å². The molecule has 2 rings (SSSR count). The lowest BCUT2D eigenvalue weighted by Crippen LogP contribution is -2.45. The molecule has 1 unspecified atom stereocenters. The molecule has 1 heterocycles. The Labute approximate surface area is 119 Å². The monoisotopic (exact) mass is 278 g/mol. The highest BCUT2D eigenvalue weighted by Gasteiger charge is 2.30. The third-order valence-electron chi connectivity index (χ3n) is 3.39. The SMILES string of the molecule is CCOC(=O)CN1CC(C(C)C)Oc2cccc(N)c21. The van der Waals surface area contributed by atoms with Crippen LogP contribution in [0.3, 0.4) is 0 Å². The molecule has 1 aliphatic heterocycles. The summed E-state index contributed by atoms with van der Waals surface area (Å²) in [6, 6.07) is 5.56. The first-order valence-electron chi connectivity index (χ1n) is 6.98. The van der Waals surface area contributed by atoms with Gasteiger partial charge >= 0.3 is 5.97 Å². The topological polar surface area (TPSA) is 64.8 Å². The van der Waals surface area contributed by atoms with E-state index in [1.807, 2.05) is 23.1 Å². The standard InChI is InChI=1S/C15H22N2O3/c1-4-19-14(18)9-17-8-13(10(2)3)20-12-7-5-6-11(16)15(12)17/h5-7,10,13H,4,8-9,16H2,1-3H3. The average Bonchev–Trinajstić information content (AvgIpc) is 2.38.